The van der Waals surface area contributed by atoms with E-state index in [9.17, 15) is 14.7 Å². The van der Waals surface area contributed by atoms with Crippen LogP contribution in [0, 0.1) is 6.92 Å². The van der Waals surface area contributed by atoms with E-state index in [2.05, 4.69) is 0 Å². The summed E-state index contributed by atoms with van der Waals surface area (Å²) in [5.41, 5.74) is 0.886. The minimum Gasteiger partial charge on any atom is -0.507 e. The van der Waals surface area contributed by atoms with Crippen LogP contribution in [0.4, 0.5) is 0 Å². The summed E-state index contributed by atoms with van der Waals surface area (Å²) in [5, 5.41) is 10.1. The van der Waals surface area contributed by atoms with Gasteiger partial charge in [0.25, 0.3) is 5.91 Å². The molecule has 1 atom stereocenters. The van der Waals surface area contributed by atoms with E-state index < -0.39 is 6.04 Å². The van der Waals surface area contributed by atoms with Crippen molar-refractivity contribution in [1.82, 2.24) is 4.90 Å². The lowest BCUT2D eigenvalue weighted by atomic mass is 10.00. The summed E-state index contributed by atoms with van der Waals surface area (Å²) in [5.74, 6) is -0.692. The van der Waals surface area contributed by atoms with Gasteiger partial charge in [-0.3, -0.25) is 4.79 Å². The molecule has 1 aliphatic rings. The van der Waals surface area contributed by atoms with Gasteiger partial charge in [-0.25, -0.2) is 4.79 Å². The molecule has 1 unspecified atom stereocenters. The molecular formula is C16H21NO4. The Morgan fingerprint density at radius 1 is 1.38 bits per heavy atom. The zero-order chi connectivity index (χ0) is 15.4. The zero-order valence-corrected chi connectivity index (χ0v) is 12.5. The van der Waals surface area contributed by atoms with E-state index in [1.54, 1.807) is 32.0 Å². The van der Waals surface area contributed by atoms with E-state index in [4.69, 9.17) is 4.74 Å². The van der Waals surface area contributed by atoms with Gasteiger partial charge in [0.2, 0.25) is 0 Å². The van der Waals surface area contributed by atoms with Crippen LogP contribution in [0.2, 0.25) is 0 Å². The van der Waals surface area contributed by atoms with E-state index in [0.717, 1.165) is 12.8 Å². The van der Waals surface area contributed by atoms with Gasteiger partial charge < -0.3 is 14.7 Å². The van der Waals surface area contributed by atoms with Crippen molar-refractivity contribution in [3.8, 4) is 5.75 Å². The number of hydrogen-bond acceptors (Lipinski definition) is 4. The highest BCUT2D eigenvalue weighted by molar-refractivity contribution is 5.99. The van der Waals surface area contributed by atoms with Gasteiger partial charge in [0.05, 0.1) is 12.2 Å². The number of esters is 1. The lowest BCUT2D eigenvalue weighted by Crippen LogP contribution is -2.48. The van der Waals surface area contributed by atoms with Crippen molar-refractivity contribution >= 4 is 11.9 Å². The third-order valence-corrected chi connectivity index (χ3v) is 3.79. The first-order chi connectivity index (χ1) is 10.1. The fraction of sp³-hybridized carbons (Fsp3) is 0.500. The van der Waals surface area contributed by atoms with E-state index in [1.165, 1.54) is 4.90 Å². The Kier molecular flexibility index (Phi) is 4.83. The summed E-state index contributed by atoms with van der Waals surface area (Å²) >= 11 is 0. The van der Waals surface area contributed by atoms with Gasteiger partial charge in [-0.2, -0.15) is 0 Å². The third kappa shape index (κ3) is 3.17. The number of rotatable bonds is 3. The predicted molar refractivity (Wildman–Crippen MR) is 78.2 cm³/mol. The Morgan fingerprint density at radius 2 is 2.14 bits per heavy atom. The van der Waals surface area contributed by atoms with Gasteiger partial charge in [-0.1, -0.05) is 12.1 Å². The molecule has 1 amide bonds. The molecule has 0 radical (unpaired) electrons. The highest BCUT2D eigenvalue weighted by atomic mass is 16.5. The third-order valence-electron chi connectivity index (χ3n) is 3.79. The molecule has 1 N–H and O–H groups in total. The second kappa shape index (κ2) is 6.61. The van der Waals surface area contributed by atoms with E-state index in [-0.39, 0.29) is 23.2 Å². The van der Waals surface area contributed by atoms with Crippen LogP contribution in [0.1, 0.15) is 42.1 Å². The van der Waals surface area contributed by atoms with Crippen molar-refractivity contribution in [3.63, 3.8) is 0 Å². The molecule has 1 aliphatic heterocycles. The van der Waals surface area contributed by atoms with E-state index in [0.29, 0.717) is 25.1 Å². The minimum atomic E-state index is -0.550. The monoisotopic (exact) mass is 291 g/mol. The van der Waals surface area contributed by atoms with Crippen LogP contribution >= 0.6 is 0 Å². The lowest BCUT2D eigenvalue weighted by Gasteiger charge is -2.34. The van der Waals surface area contributed by atoms with Gasteiger partial charge in [0, 0.05) is 6.54 Å². The van der Waals surface area contributed by atoms with Crippen molar-refractivity contribution in [2.45, 2.75) is 39.2 Å². The van der Waals surface area contributed by atoms with E-state index >= 15 is 0 Å². The molecule has 2 rings (SSSR count). The van der Waals surface area contributed by atoms with Crippen LogP contribution in [0.25, 0.3) is 0 Å². The van der Waals surface area contributed by atoms with Crippen molar-refractivity contribution in [1.29, 1.82) is 0 Å². The number of benzene rings is 1. The highest BCUT2D eigenvalue weighted by Gasteiger charge is 2.34. The smallest absolute Gasteiger partial charge is 0.328 e. The van der Waals surface area contributed by atoms with Crippen molar-refractivity contribution < 1.29 is 19.4 Å². The van der Waals surface area contributed by atoms with Crippen LogP contribution in [-0.4, -0.2) is 41.1 Å². The number of carbonyl (C=O) groups excluding carboxylic acids is 2. The molecule has 1 fully saturated rings. The summed E-state index contributed by atoms with van der Waals surface area (Å²) < 4.78 is 5.06. The van der Waals surface area contributed by atoms with Crippen LogP contribution in [0.3, 0.4) is 0 Å². The summed E-state index contributed by atoms with van der Waals surface area (Å²) in [6.45, 7) is 4.30. The van der Waals surface area contributed by atoms with Crippen molar-refractivity contribution in [3.05, 3.63) is 29.3 Å². The summed E-state index contributed by atoms with van der Waals surface area (Å²) in [6, 6.07) is 4.50. The molecule has 21 heavy (non-hydrogen) atoms. The zero-order valence-electron chi connectivity index (χ0n) is 12.5. The normalized spacial score (nSPS) is 18.4. The maximum Gasteiger partial charge on any atom is 0.328 e. The Balaban J connectivity index is 2.26. The first-order valence-electron chi connectivity index (χ1n) is 7.32. The maximum atomic E-state index is 12.7. The molecule has 0 aliphatic carbocycles. The predicted octanol–water partition coefficient (Wildman–Crippen LogP) is 2.26. The van der Waals surface area contributed by atoms with Gasteiger partial charge in [-0.05, 0) is 44.7 Å². The molecule has 1 heterocycles. The Labute approximate surface area is 124 Å². The number of phenolic OH excluding ortho intramolecular Hbond substituents is 1. The molecule has 1 saturated heterocycles. The Morgan fingerprint density at radius 3 is 2.86 bits per heavy atom. The topological polar surface area (TPSA) is 66.8 Å². The first-order valence-corrected chi connectivity index (χ1v) is 7.32. The minimum absolute atomic E-state index is 0.0179. The maximum absolute atomic E-state index is 12.7. The molecule has 5 heteroatoms. The molecule has 0 spiro atoms. The quantitative estimate of drug-likeness (QED) is 0.867. The van der Waals surface area contributed by atoms with Gasteiger partial charge in [0.1, 0.15) is 11.8 Å². The highest BCUT2D eigenvalue weighted by Crippen LogP contribution is 2.26. The summed E-state index contributed by atoms with van der Waals surface area (Å²) in [7, 11) is 0. The number of ether oxygens (including phenoxy) is 1. The number of nitrogens with zero attached hydrogens (tertiary/aromatic N) is 1. The number of carbonyl (C=O) groups is 2. The largest absolute Gasteiger partial charge is 0.507 e. The Hall–Kier alpha value is -2.04. The number of likely N-dealkylation sites (tertiary alicyclic amines) is 1. The van der Waals surface area contributed by atoms with Gasteiger partial charge in [-0.15, -0.1) is 0 Å². The van der Waals surface area contributed by atoms with Gasteiger partial charge >= 0.3 is 5.97 Å². The lowest BCUT2D eigenvalue weighted by molar-refractivity contribution is -0.149. The van der Waals surface area contributed by atoms with E-state index in [1.807, 2.05) is 0 Å². The SMILES string of the molecule is CCOC(=O)C1CCCCN1C(=O)c1cccc(C)c1O. The molecule has 0 saturated carbocycles. The number of para-hydroxylation sites is 1. The van der Waals surface area contributed by atoms with Crippen molar-refractivity contribution in [2.24, 2.45) is 0 Å². The molecule has 114 valence electrons. The Bertz CT molecular complexity index is 541. The number of hydrogen-bond donors (Lipinski definition) is 1. The standard InChI is InChI=1S/C16H21NO4/c1-3-21-16(20)13-9-4-5-10-17(13)15(19)12-8-6-7-11(2)14(12)18/h6-8,13,18H,3-5,9-10H2,1-2H3. The number of aryl methyl sites for hydroxylation is 1. The fourth-order valence-electron chi connectivity index (χ4n) is 2.64. The molecule has 1 aromatic carbocycles. The summed E-state index contributed by atoms with van der Waals surface area (Å²) in [6.07, 6.45) is 2.36. The first kappa shape index (κ1) is 15.4. The number of phenols is 1. The fourth-order valence-corrected chi connectivity index (χ4v) is 2.64. The number of aromatic hydroxyl groups is 1. The van der Waals surface area contributed by atoms with Gasteiger partial charge in [0.15, 0.2) is 0 Å². The molecule has 5 nitrogen and oxygen atoms in total. The van der Waals surface area contributed by atoms with Crippen LogP contribution < -0.4 is 0 Å². The van der Waals surface area contributed by atoms with Crippen molar-refractivity contribution in [2.75, 3.05) is 13.2 Å². The molecule has 0 aromatic heterocycles. The molecule has 1 aromatic rings. The second-order valence-electron chi connectivity index (χ2n) is 5.23. The average molecular weight is 291 g/mol. The molecular weight excluding hydrogens is 270 g/mol. The van der Waals surface area contributed by atoms with Crippen LogP contribution in [0.5, 0.6) is 5.75 Å². The molecule has 0 bridgehead atoms. The van der Waals surface area contributed by atoms with Crippen LogP contribution in [-0.2, 0) is 9.53 Å². The number of amides is 1. The second-order valence-corrected chi connectivity index (χ2v) is 5.23. The number of piperidine rings is 1. The average Bonchev–Trinajstić information content (AvgIpc) is 2.49. The van der Waals surface area contributed by atoms with Crippen LogP contribution in [0.15, 0.2) is 18.2 Å². The summed E-state index contributed by atoms with van der Waals surface area (Å²) in [4.78, 5) is 26.2.